The topological polar surface area (TPSA) is 0 Å². The van der Waals surface area contributed by atoms with Gasteiger partial charge in [0.25, 0.3) is 0 Å². The van der Waals surface area contributed by atoms with E-state index in [1.54, 1.807) is 5.56 Å². The Morgan fingerprint density at radius 1 is 0.524 bits per heavy atom. The minimum atomic E-state index is 0.414. The minimum absolute atomic E-state index is 0.414. The van der Waals surface area contributed by atoms with Gasteiger partial charge in [-0.25, -0.2) is 0 Å². The summed E-state index contributed by atoms with van der Waals surface area (Å²) in [5.41, 5.74) is 10.5. The number of benzene rings is 3. The predicted octanol–water partition coefficient (Wildman–Crippen LogP) is 4.98. The van der Waals surface area contributed by atoms with Crippen molar-refractivity contribution in [2.45, 2.75) is 18.8 Å². The van der Waals surface area contributed by atoms with Gasteiger partial charge in [-0.3, -0.25) is 0 Å². The fourth-order valence-corrected chi connectivity index (χ4v) is 4.40. The van der Waals surface area contributed by atoms with Crippen LogP contribution in [0.3, 0.4) is 0 Å². The summed E-state index contributed by atoms with van der Waals surface area (Å²) in [4.78, 5) is 0. The van der Waals surface area contributed by atoms with Crippen molar-refractivity contribution in [2.24, 2.45) is 0 Å². The van der Waals surface area contributed by atoms with E-state index < -0.39 is 0 Å². The third-order valence-corrected chi connectivity index (χ3v) is 5.19. The smallest absolute Gasteiger partial charge is 0.0351 e. The van der Waals surface area contributed by atoms with Crippen LogP contribution in [0.15, 0.2) is 66.7 Å². The van der Waals surface area contributed by atoms with Crippen LogP contribution in [0.5, 0.6) is 0 Å². The van der Waals surface area contributed by atoms with Gasteiger partial charge in [0.15, 0.2) is 0 Å². The van der Waals surface area contributed by atoms with Crippen LogP contribution in [-0.2, 0) is 0 Å². The Labute approximate surface area is 125 Å². The zero-order chi connectivity index (χ0) is 14.0. The molecule has 2 bridgehead atoms. The quantitative estimate of drug-likeness (QED) is 0.371. The summed E-state index contributed by atoms with van der Waals surface area (Å²) < 4.78 is 0. The van der Waals surface area contributed by atoms with Gasteiger partial charge in [-0.2, -0.15) is 0 Å². The molecule has 0 atom stereocenters. The van der Waals surface area contributed by atoms with Crippen LogP contribution >= 0.6 is 0 Å². The second-order valence-corrected chi connectivity index (χ2v) is 6.20. The molecule has 3 aliphatic rings. The molecule has 0 aliphatic heterocycles. The largest absolute Gasteiger partial charge is 0.0619 e. The molecule has 21 heavy (non-hydrogen) atoms. The average Bonchev–Trinajstić information content (AvgIpc) is 2.55. The lowest BCUT2D eigenvalue weighted by atomic mass is 9.60. The van der Waals surface area contributed by atoms with E-state index in [1.165, 1.54) is 33.4 Å². The molecular weight excluding hydrogens is 252 g/mol. The molecule has 0 nitrogen and oxygen atoms in total. The van der Waals surface area contributed by atoms with Gasteiger partial charge in [-0.1, -0.05) is 66.7 Å². The summed E-state index contributed by atoms with van der Waals surface area (Å²) in [7, 11) is 0. The van der Waals surface area contributed by atoms with E-state index in [1.807, 2.05) is 0 Å². The lowest BCUT2D eigenvalue weighted by Gasteiger charge is -2.42. The zero-order valence-corrected chi connectivity index (χ0v) is 12.0. The SMILES string of the molecule is Cc1cccc2c1C1c3ccccc3C2c2ccccc21. The molecule has 6 rings (SSSR count). The molecule has 3 aromatic carbocycles. The molecule has 3 aliphatic carbocycles. The Morgan fingerprint density at radius 3 is 1.57 bits per heavy atom. The van der Waals surface area contributed by atoms with Crippen molar-refractivity contribution in [1.82, 2.24) is 0 Å². The number of aryl methyl sites for hydroxylation is 1. The molecule has 100 valence electrons. The van der Waals surface area contributed by atoms with E-state index in [0.29, 0.717) is 11.8 Å². The molecule has 0 saturated heterocycles. The monoisotopic (exact) mass is 268 g/mol. The number of hydrogen-bond acceptors (Lipinski definition) is 0. The maximum absolute atomic E-state index is 2.33. The Kier molecular flexibility index (Phi) is 2.08. The van der Waals surface area contributed by atoms with Crippen LogP contribution in [0, 0.1) is 6.92 Å². The summed E-state index contributed by atoms with van der Waals surface area (Å²) >= 11 is 0. The minimum Gasteiger partial charge on any atom is -0.0619 e. The lowest BCUT2D eigenvalue weighted by Crippen LogP contribution is -2.28. The van der Waals surface area contributed by atoms with Crippen molar-refractivity contribution in [2.75, 3.05) is 0 Å². The van der Waals surface area contributed by atoms with E-state index in [9.17, 15) is 0 Å². The van der Waals surface area contributed by atoms with Gasteiger partial charge in [0.1, 0.15) is 0 Å². The highest BCUT2D eigenvalue weighted by molar-refractivity contribution is 5.68. The molecule has 0 fully saturated rings. The zero-order valence-electron chi connectivity index (χ0n) is 12.0. The van der Waals surface area contributed by atoms with E-state index in [2.05, 4.69) is 73.7 Å². The summed E-state index contributed by atoms with van der Waals surface area (Å²) in [5, 5.41) is 0. The van der Waals surface area contributed by atoms with Gasteiger partial charge >= 0.3 is 0 Å². The van der Waals surface area contributed by atoms with Crippen molar-refractivity contribution >= 4 is 0 Å². The van der Waals surface area contributed by atoms with Gasteiger partial charge in [-0.15, -0.1) is 0 Å². The molecule has 0 unspecified atom stereocenters. The fraction of sp³-hybridized carbons (Fsp3) is 0.143. The number of hydrogen-bond donors (Lipinski definition) is 0. The van der Waals surface area contributed by atoms with Crippen molar-refractivity contribution in [1.29, 1.82) is 0 Å². The first-order valence-electron chi connectivity index (χ1n) is 7.63. The molecular formula is C21H16. The summed E-state index contributed by atoms with van der Waals surface area (Å²) in [6.45, 7) is 2.25. The molecule has 0 aromatic heterocycles. The van der Waals surface area contributed by atoms with Crippen LogP contribution in [0.25, 0.3) is 0 Å². The van der Waals surface area contributed by atoms with E-state index in [4.69, 9.17) is 0 Å². The first-order chi connectivity index (χ1) is 10.4. The molecule has 0 N–H and O–H groups in total. The van der Waals surface area contributed by atoms with Crippen LogP contribution < -0.4 is 0 Å². The Balaban J connectivity index is 1.95. The maximum Gasteiger partial charge on any atom is 0.0351 e. The summed E-state index contributed by atoms with van der Waals surface area (Å²) in [6, 6.07) is 24.8. The van der Waals surface area contributed by atoms with Crippen LogP contribution in [0.1, 0.15) is 50.8 Å². The fourth-order valence-electron chi connectivity index (χ4n) is 4.40. The molecule has 3 aromatic rings. The van der Waals surface area contributed by atoms with Gasteiger partial charge in [-0.05, 0) is 45.9 Å². The van der Waals surface area contributed by atoms with Gasteiger partial charge in [0, 0.05) is 11.8 Å². The molecule has 0 saturated carbocycles. The molecule has 0 amide bonds. The first kappa shape index (κ1) is 11.3. The normalized spacial score (nSPS) is 20.6. The van der Waals surface area contributed by atoms with Crippen LogP contribution in [-0.4, -0.2) is 0 Å². The van der Waals surface area contributed by atoms with Crippen molar-refractivity contribution in [3.05, 3.63) is 106 Å². The molecule has 0 radical (unpaired) electrons. The molecule has 0 spiro atoms. The van der Waals surface area contributed by atoms with Gasteiger partial charge in [0.2, 0.25) is 0 Å². The van der Waals surface area contributed by atoms with Gasteiger partial charge < -0.3 is 0 Å². The van der Waals surface area contributed by atoms with Crippen molar-refractivity contribution in [3.8, 4) is 0 Å². The first-order valence-corrected chi connectivity index (χ1v) is 7.63. The maximum atomic E-state index is 2.33. The average molecular weight is 268 g/mol. The molecule has 0 heteroatoms. The molecule has 0 heterocycles. The number of rotatable bonds is 0. The van der Waals surface area contributed by atoms with Gasteiger partial charge in [0.05, 0.1) is 0 Å². The highest BCUT2D eigenvalue weighted by atomic mass is 14.4. The van der Waals surface area contributed by atoms with Crippen molar-refractivity contribution in [3.63, 3.8) is 0 Å². The Morgan fingerprint density at radius 2 is 1.00 bits per heavy atom. The van der Waals surface area contributed by atoms with E-state index in [-0.39, 0.29) is 0 Å². The van der Waals surface area contributed by atoms with E-state index in [0.717, 1.165) is 0 Å². The highest BCUT2D eigenvalue weighted by Gasteiger charge is 2.41. The third kappa shape index (κ3) is 1.30. The summed E-state index contributed by atoms with van der Waals surface area (Å²) in [6.07, 6.45) is 0. The van der Waals surface area contributed by atoms with E-state index >= 15 is 0 Å². The predicted molar refractivity (Wildman–Crippen MR) is 86.0 cm³/mol. The second kappa shape index (κ2) is 3.85. The Bertz CT molecular complexity index is 825. The van der Waals surface area contributed by atoms with Crippen LogP contribution in [0.4, 0.5) is 0 Å². The Hall–Kier alpha value is -2.34. The summed E-state index contributed by atoms with van der Waals surface area (Å²) in [5.74, 6) is 0.830. The van der Waals surface area contributed by atoms with Crippen LogP contribution in [0.2, 0.25) is 0 Å². The lowest BCUT2D eigenvalue weighted by molar-refractivity contribution is 0.748. The standard InChI is InChI=1S/C21H16/c1-13-7-6-12-18-19(13)21-16-10-4-2-8-14(16)20(18)15-9-3-5-11-17(15)21/h2-12,20-21H,1H3. The third-order valence-electron chi connectivity index (χ3n) is 5.19. The second-order valence-electron chi connectivity index (χ2n) is 6.20. The highest BCUT2D eigenvalue weighted by Crippen LogP contribution is 2.56. The van der Waals surface area contributed by atoms with Crippen molar-refractivity contribution < 1.29 is 0 Å².